The third kappa shape index (κ3) is 5.79. The quantitative estimate of drug-likeness (QED) is 0.340. The number of halogens is 4. The number of anilines is 2. The van der Waals surface area contributed by atoms with Crippen molar-refractivity contribution in [3.05, 3.63) is 87.7 Å². The number of benzene rings is 2. The van der Waals surface area contributed by atoms with Gasteiger partial charge in [-0.2, -0.15) is 13.2 Å². The topological polar surface area (TPSA) is 75.0 Å². The number of aromatic nitrogens is 3. The van der Waals surface area contributed by atoms with Gasteiger partial charge in [0.15, 0.2) is 5.65 Å². The van der Waals surface area contributed by atoms with Gasteiger partial charge in [0.1, 0.15) is 11.5 Å². The van der Waals surface area contributed by atoms with Crippen LogP contribution in [-0.2, 0) is 10.9 Å². The zero-order valence-electron chi connectivity index (χ0n) is 22.6. The third-order valence-electron chi connectivity index (χ3n) is 7.51. The molecule has 2 aliphatic rings. The summed E-state index contributed by atoms with van der Waals surface area (Å²) >= 11 is 5.86. The average molecular weight is 595 g/mol. The number of amides is 1. The second-order valence-electron chi connectivity index (χ2n) is 10.2. The highest BCUT2D eigenvalue weighted by Crippen LogP contribution is 2.33. The second-order valence-corrected chi connectivity index (χ2v) is 10.7. The van der Waals surface area contributed by atoms with Crippen LogP contribution in [0.5, 0.6) is 0 Å². The van der Waals surface area contributed by atoms with Crippen LogP contribution in [-0.4, -0.2) is 70.8 Å². The number of rotatable bonds is 4. The van der Waals surface area contributed by atoms with Gasteiger partial charge >= 0.3 is 6.18 Å². The van der Waals surface area contributed by atoms with Gasteiger partial charge in [0.05, 0.1) is 31.0 Å². The standard InChI is InChI=1S/C30H26ClF3N6O2/c1-19-20(3-2-4-26(19)29(41)36-23-14-21(30(32,33)34)13-22(31)15-23)5-6-24-16-35-27-7-8-28(37-40(24)27)39-11-9-38(10-12-39)25-17-42-18-25/h2-4,7-8,13-16,25H,9-12,17-18H2,1H3,(H,36,41). The lowest BCUT2D eigenvalue weighted by Crippen LogP contribution is -2.56. The molecule has 216 valence electrons. The fourth-order valence-electron chi connectivity index (χ4n) is 5.04. The Morgan fingerprint density at radius 3 is 2.57 bits per heavy atom. The van der Waals surface area contributed by atoms with Gasteiger partial charge < -0.3 is 15.0 Å². The molecule has 1 N–H and O–H groups in total. The third-order valence-corrected chi connectivity index (χ3v) is 7.73. The molecule has 4 aromatic rings. The number of fused-ring (bicyclic) bond motifs is 1. The van der Waals surface area contributed by atoms with Crippen LogP contribution in [0.3, 0.4) is 0 Å². The predicted octanol–water partition coefficient (Wildman–Crippen LogP) is 4.88. The number of carbonyl (C=O) groups is 1. The Balaban J connectivity index is 1.20. The molecule has 2 saturated heterocycles. The molecule has 4 heterocycles. The van der Waals surface area contributed by atoms with Crippen molar-refractivity contribution in [2.75, 3.05) is 49.6 Å². The van der Waals surface area contributed by atoms with Gasteiger partial charge in [-0.1, -0.05) is 23.6 Å². The average Bonchev–Trinajstić information content (AvgIpc) is 3.33. The molecule has 0 aliphatic carbocycles. The smallest absolute Gasteiger partial charge is 0.378 e. The van der Waals surface area contributed by atoms with Crippen LogP contribution < -0.4 is 10.2 Å². The second kappa shape index (κ2) is 11.3. The van der Waals surface area contributed by atoms with Crippen molar-refractivity contribution in [3.8, 4) is 11.8 Å². The molecule has 0 unspecified atom stereocenters. The molecule has 0 radical (unpaired) electrons. The molecule has 0 atom stereocenters. The minimum absolute atomic E-state index is 0.0539. The molecule has 12 heteroatoms. The largest absolute Gasteiger partial charge is 0.416 e. The van der Waals surface area contributed by atoms with Crippen LogP contribution in [0.25, 0.3) is 5.65 Å². The van der Waals surface area contributed by atoms with Crippen LogP contribution in [0.15, 0.2) is 54.7 Å². The number of carbonyl (C=O) groups excluding carboxylic acids is 1. The van der Waals surface area contributed by atoms with Crippen molar-refractivity contribution in [1.82, 2.24) is 19.5 Å². The Hall–Kier alpha value is -4.11. The highest BCUT2D eigenvalue weighted by molar-refractivity contribution is 6.31. The van der Waals surface area contributed by atoms with Crippen molar-refractivity contribution in [2.24, 2.45) is 0 Å². The molecular formula is C30H26ClF3N6O2. The Labute approximate surface area is 245 Å². The summed E-state index contributed by atoms with van der Waals surface area (Å²) in [5.74, 6) is 6.49. The Bertz CT molecular complexity index is 1720. The maximum Gasteiger partial charge on any atom is 0.416 e. The number of imidazole rings is 1. The molecule has 2 fully saturated rings. The van der Waals surface area contributed by atoms with E-state index in [4.69, 9.17) is 21.4 Å². The molecule has 0 bridgehead atoms. The maximum atomic E-state index is 13.2. The van der Waals surface area contributed by atoms with Crippen LogP contribution in [0.2, 0.25) is 5.02 Å². The van der Waals surface area contributed by atoms with Crippen LogP contribution in [0, 0.1) is 18.8 Å². The molecule has 0 spiro atoms. The summed E-state index contributed by atoms with van der Waals surface area (Å²) in [6, 6.07) is 12.3. The van der Waals surface area contributed by atoms with Crippen LogP contribution >= 0.6 is 11.6 Å². The zero-order chi connectivity index (χ0) is 29.4. The van der Waals surface area contributed by atoms with E-state index < -0.39 is 17.6 Å². The summed E-state index contributed by atoms with van der Waals surface area (Å²) in [5, 5.41) is 7.19. The van der Waals surface area contributed by atoms with Crippen molar-refractivity contribution >= 4 is 34.7 Å². The van der Waals surface area contributed by atoms with Crippen molar-refractivity contribution in [2.45, 2.75) is 19.1 Å². The van der Waals surface area contributed by atoms with Gasteiger partial charge in [-0.05, 0) is 60.9 Å². The van der Waals surface area contributed by atoms with E-state index in [0.717, 1.165) is 57.3 Å². The molecule has 8 nitrogen and oxygen atoms in total. The van der Waals surface area contributed by atoms with E-state index in [0.29, 0.717) is 28.5 Å². The van der Waals surface area contributed by atoms with E-state index in [9.17, 15) is 18.0 Å². The number of hydrogen-bond donors (Lipinski definition) is 1. The Morgan fingerprint density at radius 2 is 1.86 bits per heavy atom. The summed E-state index contributed by atoms with van der Waals surface area (Å²) in [4.78, 5) is 22.1. The molecule has 1 amide bonds. The Kier molecular flexibility index (Phi) is 7.53. The fourth-order valence-corrected chi connectivity index (χ4v) is 5.28. The van der Waals surface area contributed by atoms with Crippen LogP contribution in [0.4, 0.5) is 24.7 Å². The first-order chi connectivity index (χ1) is 20.2. The van der Waals surface area contributed by atoms with Gasteiger partial charge in [-0.25, -0.2) is 9.50 Å². The summed E-state index contributed by atoms with van der Waals surface area (Å²) in [6.45, 7) is 6.98. The van der Waals surface area contributed by atoms with Crippen molar-refractivity contribution in [1.29, 1.82) is 0 Å². The molecular weight excluding hydrogens is 569 g/mol. The van der Waals surface area contributed by atoms with Crippen LogP contribution in [0.1, 0.15) is 32.7 Å². The van der Waals surface area contributed by atoms with E-state index in [-0.39, 0.29) is 16.3 Å². The molecule has 2 aliphatic heterocycles. The summed E-state index contributed by atoms with van der Waals surface area (Å²) in [5.41, 5.74) is 1.70. The lowest BCUT2D eigenvalue weighted by atomic mass is 10.0. The fraction of sp³-hybridized carbons (Fsp3) is 0.300. The minimum Gasteiger partial charge on any atom is -0.378 e. The number of alkyl halides is 3. The van der Waals surface area contributed by atoms with E-state index >= 15 is 0 Å². The van der Waals surface area contributed by atoms with E-state index in [2.05, 4.69) is 31.9 Å². The lowest BCUT2D eigenvalue weighted by molar-refractivity contribution is -0.137. The first-order valence-corrected chi connectivity index (χ1v) is 13.8. The molecule has 6 rings (SSSR count). The number of ether oxygens (including phenoxy) is 1. The van der Waals surface area contributed by atoms with Crippen molar-refractivity contribution in [3.63, 3.8) is 0 Å². The minimum atomic E-state index is -4.59. The van der Waals surface area contributed by atoms with Gasteiger partial charge in [-0.3, -0.25) is 9.69 Å². The van der Waals surface area contributed by atoms with Crippen molar-refractivity contribution < 1.29 is 22.7 Å². The summed E-state index contributed by atoms with van der Waals surface area (Å²) < 4.78 is 46.6. The number of nitrogens with one attached hydrogen (secondary N) is 1. The number of hydrogen-bond acceptors (Lipinski definition) is 6. The normalized spacial score (nSPS) is 16.2. The summed E-state index contributed by atoms with van der Waals surface area (Å²) in [6.07, 6.45) is -2.94. The van der Waals surface area contributed by atoms with Gasteiger partial charge in [0, 0.05) is 48.0 Å². The van der Waals surface area contributed by atoms with Gasteiger partial charge in [0.25, 0.3) is 5.91 Å². The highest BCUT2D eigenvalue weighted by Gasteiger charge is 2.31. The van der Waals surface area contributed by atoms with E-state index in [1.54, 1.807) is 35.8 Å². The monoisotopic (exact) mass is 594 g/mol. The first-order valence-electron chi connectivity index (χ1n) is 13.4. The van der Waals surface area contributed by atoms with Gasteiger partial charge in [-0.15, -0.1) is 5.10 Å². The highest BCUT2D eigenvalue weighted by atomic mass is 35.5. The number of nitrogens with zero attached hydrogens (tertiary/aromatic N) is 5. The number of piperazine rings is 1. The molecule has 0 saturated carbocycles. The molecule has 42 heavy (non-hydrogen) atoms. The summed E-state index contributed by atoms with van der Waals surface area (Å²) in [7, 11) is 0. The Morgan fingerprint density at radius 1 is 1.07 bits per heavy atom. The van der Waals surface area contributed by atoms with E-state index in [1.165, 1.54) is 6.07 Å². The predicted molar refractivity (Wildman–Crippen MR) is 153 cm³/mol. The van der Waals surface area contributed by atoms with Gasteiger partial charge in [0.2, 0.25) is 0 Å². The van der Waals surface area contributed by atoms with E-state index in [1.807, 2.05) is 12.1 Å². The molecule has 2 aromatic carbocycles. The zero-order valence-corrected chi connectivity index (χ0v) is 23.3. The lowest BCUT2D eigenvalue weighted by Gasteiger charge is -2.42. The SMILES string of the molecule is Cc1c(C#Cc2cnc3ccc(N4CCN(C5COC5)CC4)nn23)cccc1C(=O)Nc1cc(Cl)cc(C(F)(F)F)c1. The first kappa shape index (κ1) is 28.0. The maximum absolute atomic E-state index is 13.2. The molecule has 2 aromatic heterocycles.